The summed E-state index contributed by atoms with van der Waals surface area (Å²) in [7, 11) is 0. The van der Waals surface area contributed by atoms with Gasteiger partial charge in [0.25, 0.3) is 0 Å². The lowest BCUT2D eigenvalue weighted by atomic mass is 9.47. The van der Waals surface area contributed by atoms with Gasteiger partial charge in [0.15, 0.2) is 5.58 Å². The van der Waals surface area contributed by atoms with E-state index in [0.29, 0.717) is 17.8 Å². The first-order valence-electron chi connectivity index (χ1n) is 14.1. The van der Waals surface area contributed by atoms with Gasteiger partial charge in [0.05, 0.1) is 24.1 Å². The third-order valence-corrected chi connectivity index (χ3v) is 10.7. The largest absolute Gasteiger partial charge is 0.463 e. The molecule has 0 amide bonds. The number of aromatic nitrogens is 1. The molecule has 2 heterocycles. The molecule has 2 aromatic rings. The average Bonchev–Trinajstić information content (AvgIpc) is 3.47. The summed E-state index contributed by atoms with van der Waals surface area (Å²) in [5.74, 6) is 1.50. The zero-order valence-electron chi connectivity index (χ0n) is 22.5. The smallest absolute Gasteiger partial charge is 0.310 e. The molecule has 0 saturated heterocycles. The molecule has 4 aliphatic rings. The molecular weight excluding hydrogens is 466 g/mol. The van der Waals surface area contributed by atoms with Crippen LogP contribution in [0.5, 0.6) is 0 Å². The summed E-state index contributed by atoms with van der Waals surface area (Å²) in [5.41, 5.74) is 3.16. The van der Waals surface area contributed by atoms with Crippen LogP contribution in [0.1, 0.15) is 90.9 Å². The Labute approximate surface area is 219 Å². The highest BCUT2D eigenvalue weighted by Crippen LogP contribution is 2.66. The van der Waals surface area contributed by atoms with Gasteiger partial charge in [0.2, 0.25) is 0 Å². The molecule has 0 aromatic carbocycles. The number of hydrogen-bond acceptors (Lipinski definition) is 6. The lowest BCUT2D eigenvalue weighted by molar-refractivity contribution is -0.161. The van der Waals surface area contributed by atoms with Crippen molar-refractivity contribution in [3.8, 4) is 0 Å². The molecule has 8 atom stereocenters. The maximum absolute atomic E-state index is 13.6. The number of fused-ring (bicyclic) bond motifs is 6. The average molecular weight is 506 g/mol. The lowest BCUT2D eigenvalue weighted by Crippen LogP contribution is -2.51. The topological polar surface area (TPSA) is 78.6 Å². The van der Waals surface area contributed by atoms with Crippen LogP contribution >= 0.6 is 0 Å². The van der Waals surface area contributed by atoms with Gasteiger partial charge in [-0.15, -0.1) is 0 Å². The van der Waals surface area contributed by atoms with Crippen LogP contribution in [0, 0.1) is 34.5 Å². The Bertz CT molecular complexity index is 1250. The molecule has 0 N–H and O–H groups in total. The number of ether oxygens (including phenoxy) is 2. The van der Waals surface area contributed by atoms with E-state index in [2.05, 4.69) is 24.9 Å². The molecule has 0 spiro atoms. The summed E-state index contributed by atoms with van der Waals surface area (Å²) in [6.45, 7) is 8.23. The fraction of sp³-hybridized carbons (Fsp3) is 0.645. The van der Waals surface area contributed by atoms with Crippen molar-refractivity contribution < 1.29 is 23.5 Å². The van der Waals surface area contributed by atoms with E-state index in [1.54, 1.807) is 12.5 Å². The van der Waals surface area contributed by atoms with E-state index < -0.39 is 6.10 Å². The highest BCUT2D eigenvalue weighted by Gasteiger charge is 2.60. The van der Waals surface area contributed by atoms with Gasteiger partial charge < -0.3 is 13.9 Å². The van der Waals surface area contributed by atoms with E-state index in [1.165, 1.54) is 12.5 Å². The summed E-state index contributed by atoms with van der Waals surface area (Å²) in [5, 5.41) is 0.972. The summed E-state index contributed by atoms with van der Waals surface area (Å²) >= 11 is 0. The predicted molar refractivity (Wildman–Crippen MR) is 139 cm³/mol. The molecule has 3 fully saturated rings. The van der Waals surface area contributed by atoms with Crippen LogP contribution in [0.15, 0.2) is 40.7 Å². The molecule has 0 aliphatic heterocycles. The third-order valence-electron chi connectivity index (χ3n) is 10.7. The highest BCUT2D eigenvalue weighted by atomic mass is 16.5. The number of allylic oxidation sites excluding steroid dienone is 1. The van der Waals surface area contributed by atoms with Crippen molar-refractivity contribution in [3.63, 3.8) is 0 Å². The zero-order valence-corrected chi connectivity index (χ0v) is 22.5. The van der Waals surface area contributed by atoms with Crippen LogP contribution in [0.4, 0.5) is 0 Å². The molecular formula is C31H39NO5. The van der Waals surface area contributed by atoms with Crippen molar-refractivity contribution in [2.24, 2.45) is 34.5 Å². The number of esters is 2. The second kappa shape index (κ2) is 8.99. The Hall–Kier alpha value is -2.63. The fourth-order valence-electron chi connectivity index (χ4n) is 8.77. The second-order valence-corrected chi connectivity index (χ2v) is 12.6. The molecule has 3 saturated carbocycles. The van der Waals surface area contributed by atoms with Gasteiger partial charge in [-0.25, -0.2) is 0 Å². The quantitative estimate of drug-likeness (QED) is 0.331. The Morgan fingerprint density at radius 2 is 1.97 bits per heavy atom. The van der Waals surface area contributed by atoms with E-state index in [-0.39, 0.29) is 34.8 Å². The van der Waals surface area contributed by atoms with Crippen molar-refractivity contribution in [1.29, 1.82) is 0 Å². The molecule has 6 heteroatoms. The van der Waals surface area contributed by atoms with Crippen molar-refractivity contribution in [1.82, 2.24) is 4.98 Å². The van der Waals surface area contributed by atoms with Crippen LogP contribution in [0.25, 0.3) is 11.0 Å². The molecule has 0 bridgehead atoms. The number of carbonyl (C=O) groups is 2. The summed E-state index contributed by atoms with van der Waals surface area (Å²) in [6, 6.07) is 3.85. The number of hydrogen-bond donors (Lipinski definition) is 0. The van der Waals surface area contributed by atoms with Crippen LogP contribution in [-0.4, -0.2) is 23.0 Å². The van der Waals surface area contributed by atoms with Crippen molar-refractivity contribution in [2.45, 2.75) is 91.3 Å². The van der Waals surface area contributed by atoms with Crippen LogP contribution in [0.3, 0.4) is 0 Å². The van der Waals surface area contributed by atoms with Crippen LogP contribution < -0.4 is 0 Å². The molecule has 198 valence electrons. The van der Waals surface area contributed by atoms with Gasteiger partial charge in [-0.2, -0.15) is 0 Å². The highest BCUT2D eigenvalue weighted by molar-refractivity contribution is 5.77. The summed E-state index contributed by atoms with van der Waals surface area (Å²) < 4.78 is 17.0. The Balaban J connectivity index is 1.17. The molecule has 0 radical (unpaired) electrons. The Kier molecular flexibility index (Phi) is 6.00. The monoisotopic (exact) mass is 505 g/mol. The van der Waals surface area contributed by atoms with Crippen molar-refractivity contribution >= 4 is 22.9 Å². The Morgan fingerprint density at radius 1 is 1.14 bits per heavy atom. The minimum absolute atomic E-state index is 0.0173. The first-order valence-corrected chi connectivity index (χ1v) is 14.1. The molecule has 2 aromatic heterocycles. The van der Waals surface area contributed by atoms with E-state index >= 15 is 0 Å². The number of carbonyl (C=O) groups excluding carboxylic acids is 2. The second-order valence-electron chi connectivity index (χ2n) is 12.6. The van der Waals surface area contributed by atoms with Gasteiger partial charge in [0, 0.05) is 18.7 Å². The van der Waals surface area contributed by atoms with Crippen LogP contribution in [0.2, 0.25) is 0 Å². The number of rotatable bonds is 4. The van der Waals surface area contributed by atoms with Gasteiger partial charge >= 0.3 is 11.9 Å². The third kappa shape index (κ3) is 4.02. The normalized spacial score (nSPS) is 37.6. The summed E-state index contributed by atoms with van der Waals surface area (Å²) in [6.07, 6.45) is 13.7. The van der Waals surface area contributed by atoms with E-state index in [1.807, 2.05) is 19.1 Å². The van der Waals surface area contributed by atoms with E-state index in [4.69, 9.17) is 13.9 Å². The van der Waals surface area contributed by atoms with Gasteiger partial charge in [0.1, 0.15) is 12.2 Å². The first-order chi connectivity index (χ1) is 17.7. The number of nitrogens with zero attached hydrogens (tertiary/aromatic N) is 1. The molecule has 4 aliphatic carbocycles. The number of furan rings is 1. The minimum atomic E-state index is -0.391. The van der Waals surface area contributed by atoms with Gasteiger partial charge in [-0.3, -0.25) is 14.6 Å². The summed E-state index contributed by atoms with van der Waals surface area (Å²) in [4.78, 5) is 29.6. The number of pyridine rings is 1. The minimum Gasteiger partial charge on any atom is -0.463 e. The van der Waals surface area contributed by atoms with E-state index in [0.717, 1.165) is 68.0 Å². The standard InChI is InChI=1S/C31H39NO5/c1-18(27-15-20-11-14-35-28(20)17-32-27)36-29(34)26-8-7-24-23-6-5-21-16-22(37-19(2)33)9-12-30(21,3)25(23)10-13-31(24,26)4/h5,11,14-15,17-18,22-26H,6-10,12-13,16H2,1-4H3/t18-,22+,23+,24+,25+,26-,30+,31+/m1/s1. The van der Waals surface area contributed by atoms with E-state index in [9.17, 15) is 9.59 Å². The Morgan fingerprint density at radius 3 is 2.78 bits per heavy atom. The maximum atomic E-state index is 13.6. The van der Waals surface area contributed by atoms with Crippen molar-refractivity contribution in [3.05, 3.63) is 41.9 Å². The predicted octanol–water partition coefficient (Wildman–Crippen LogP) is 6.94. The first kappa shape index (κ1) is 24.7. The maximum Gasteiger partial charge on any atom is 0.310 e. The molecule has 6 nitrogen and oxygen atoms in total. The molecule has 6 rings (SSSR count). The fourth-order valence-corrected chi connectivity index (χ4v) is 8.77. The zero-order chi connectivity index (χ0) is 25.9. The van der Waals surface area contributed by atoms with Crippen molar-refractivity contribution in [2.75, 3.05) is 0 Å². The molecule has 37 heavy (non-hydrogen) atoms. The van der Waals surface area contributed by atoms with Crippen LogP contribution in [-0.2, 0) is 19.1 Å². The SMILES string of the molecule is CC(=O)O[C@H]1CC[C@@]2(C)C(=CC[C@H]3[C@@H]4CC[C@H](C(=O)O[C@H](C)c5cc6ccoc6cn5)[C@@]4(C)CC[C@@H]32)C1. The van der Waals surface area contributed by atoms with Gasteiger partial charge in [-0.05, 0) is 92.6 Å². The molecule has 0 unspecified atom stereocenters. The van der Waals surface area contributed by atoms with Gasteiger partial charge in [-0.1, -0.05) is 25.5 Å². The lowest BCUT2D eigenvalue weighted by Gasteiger charge is -2.57.